The van der Waals surface area contributed by atoms with Crippen molar-refractivity contribution in [3.05, 3.63) is 23.4 Å². The van der Waals surface area contributed by atoms with Gasteiger partial charge in [0.15, 0.2) is 11.6 Å². The number of likely N-dealkylation sites (tertiary alicyclic amines) is 1. The van der Waals surface area contributed by atoms with Gasteiger partial charge in [0.25, 0.3) is 5.89 Å². The van der Waals surface area contributed by atoms with Gasteiger partial charge in [0.05, 0.1) is 12.0 Å². The van der Waals surface area contributed by atoms with Crippen LogP contribution in [0.1, 0.15) is 62.0 Å². The number of nitrogens with zero attached hydrogens (tertiary/aromatic N) is 5. The largest absolute Gasteiger partial charge is 0.375 e. The molecule has 130 valence electrons. The van der Waals surface area contributed by atoms with Gasteiger partial charge >= 0.3 is 0 Å². The van der Waals surface area contributed by atoms with E-state index in [2.05, 4.69) is 32.1 Å². The molecule has 0 unspecified atom stereocenters. The van der Waals surface area contributed by atoms with Crippen molar-refractivity contribution in [1.82, 2.24) is 25.2 Å². The highest BCUT2D eigenvalue weighted by molar-refractivity contribution is 5.11. The van der Waals surface area contributed by atoms with E-state index >= 15 is 0 Å². The first-order valence-corrected chi connectivity index (χ1v) is 8.53. The minimum absolute atomic E-state index is 0.114. The van der Waals surface area contributed by atoms with Crippen LogP contribution >= 0.6 is 0 Å². The second kappa shape index (κ2) is 6.25. The maximum atomic E-state index is 5.59. The Kier molecular flexibility index (Phi) is 4.09. The van der Waals surface area contributed by atoms with Gasteiger partial charge in [-0.3, -0.25) is 4.90 Å². The summed E-state index contributed by atoms with van der Waals surface area (Å²) in [5.41, 5.74) is -0.114. The Labute approximate surface area is 140 Å². The molecule has 1 aliphatic carbocycles. The quantitative estimate of drug-likeness (QED) is 0.793. The molecule has 0 radical (unpaired) electrons. The van der Waals surface area contributed by atoms with Crippen LogP contribution in [0.4, 0.5) is 0 Å². The zero-order chi connectivity index (χ0) is 16.6. The summed E-state index contributed by atoms with van der Waals surface area (Å²) < 4.78 is 15.8. The van der Waals surface area contributed by atoms with E-state index in [9.17, 15) is 0 Å². The molecule has 0 N–H and O–H groups in total. The van der Waals surface area contributed by atoms with Crippen LogP contribution in [0.3, 0.4) is 0 Å². The Morgan fingerprint density at radius 2 is 2.12 bits per heavy atom. The average Bonchev–Trinajstić information content (AvgIpc) is 3.11. The zero-order valence-corrected chi connectivity index (χ0v) is 14.2. The van der Waals surface area contributed by atoms with Gasteiger partial charge in [0, 0.05) is 19.6 Å². The summed E-state index contributed by atoms with van der Waals surface area (Å²) >= 11 is 0. The number of ether oxygens (including phenoxy) is 1. The molecule has 1 saturated carbocycles. The van der Waals surface area contributed by atoms with E-state index in [0.29, 0.717) is 30.8 Å². The van der Waals surface area contributed by atoms with Crippen molar-refractivity contribution in [3.8, 4) is 0 Å². The highest BCUT2D eigenvalue weighted by Gasteiger charge is 2.39. The second-order valence-corrected chi connectivity index (χ2v) is 7.14. The number of piperidine rings is 1. The summed E-state index contributed by atoms with van der Waals surface area (Å²) in [4.78, 5) is 11.3. The highest BCUT2D eigenvalue weighted by Crippen LogP contribution is 2.40. The first-order chi connectivity index (χ1) is 11.7. The summed E-state index contributed by atoms with van der Waals surface area (Å²) in [6.45, 7) is 5.07. The molecule has 1 saturated heterocycles. The predicted octanol–water partition coefficient (Wildman–Crippen LogP) is 2.03. The fourth-order valence-electron chi connectivity index (χ4n) is 3.38. The molecular formula is C16H23N5O3. The van der Waals surface area contributed by atoms with Crippen LogP contribution < -0.4 is 0 Å². The number of rotatable bonds is 6. The molecule has 0 bridgehead atoms. The van der Waals surface area contributed by atoms with Crippen molar-refractivity contribution in [2.45, 2.75) is 57.1 Å². The number of hydrogen-bond donors (Lipinski definition) is 0. The predicted molar refractivity (Wildman–Crippen MR) is 83.1 cm³/mol. The van der Waals surface area contributed by atoms with Crippen LogP contribution in [0, 0.1) is 0 Å². The van der Waals surface area contributed by atoms with Crippen molar-refractivity contribution in [1.29, 1.82) is 0 Å². The smallest absolute Gasteiger partial charge is 0.252 e. The molecule has 1 atom stereocenters. The second-order valence-electron chi connectivity index (χ2n) is 7.14. The van der Waals surface area contributed by atoms with Crippen molar-refractivity contribution in [2.24, 2.45) is 0 Å². The van der Waals surface area contributed by atoms with Gasteiger partial charge in [-0.05, 0) is 39.2 Å². The Morgan fingerprint density at radius 1 is 1.25 bits per heavy atom. The van der Waals surface area contributed by atoms with E-state index in [0.717, 1.165) is 37.6 Å². The molecule has 8 heteroatoms. The highest BCUT2D eigenvalue weighted by atomic mass is 16.5. The Bertz CT molecular complexity index is 695. The average molecular weight is 333 g/mol. The molecule has 1 aliphatic heterocycles. The molecule has 8 nitrogen and oxygen atoms in total. The van der Waals surface area contributed by atoms with Crippen molar-refractivity contribution in [3.63, 3.8) is 0 Å². The molecule has 2 aliphatic rings. The minimum Gasteiger partial charge on any atom is -0.375 e. The van der Waals surface area contributed by atoms with Crippen LogP contribution in [-0.4, -0.2) is 45.4 Å². The normalized spacial score (nSPS) is 25.2. The van der Waals surface area contributed by atoms with Crippen LogP contribution in [0.5, 0.6) is 0 Å². The Hall–Kier alpha value is -1.80. The lowest BCUT2D eigenvalue weighted by atomic mass is 9.81. The lowest BCUT2D eigenvalue weighted by molar-refractivity contribution is 0.121. The molecular weight excluding hydrogens is 310 g/mol. The molecule has 3 heterocycles. The van der Waals surface area contributed by atoms with Crippen molar-refractivity contribution in [2.75, 3.05) is 20.2 Å². The minimum atomic E-state index is -0.114. The van der Waals surface area contributed by atoms with Gasteiger partial charge in [-0.25, -0.2) is 0 Å². The van der Waals surface area contributed by atoms with Crippen LogP contribution in [0.2, 0.25) is 0 Å². The van der Waals surface area contributed by atoms with E-state index in [1.807, 2.05) is 0 Å². The van der Waals surface area contributed by atoms with E-state index in [1.165, 1.54) is 12.8 Å². The summed E-state index contributed by atoms with van der Waals surface area (Å²) in [5, 5.41) is 8.20. The van der Waals surface area contributed by atoms with E-state index in [-0.39, 0.29) is 5.41 Å². The van der Waals surface area contributed by atoms with E-state index < -0.39 is 0 Å². The van der Waals surface area contributed by atoms with Gasteiger partial charge in [0.2, 0.25) is 5.89 Å². The third-order valence-electron chi connectivity index (χ3n) is 4.82. The maximum Gasteiger partial charge on any atom is 0.252 e. The molecule has 0 spiro atoms. The van der Waals surface area contributed by atoms with Gasteiger partial charge in [-0.15, -0.1) is 0 Å². The molecule has 0 amide bonds. The summed E-state index contributed by atoms with van der Waals surface area (Å²) in [6.07, 6.45) is 4.50. The van der Waals surface area contributed by atoms with E-state index in [1.54, 1.807) is 7.11 Å². The fourth-order valence-corrected chi connectivity index (χ4v) is 3.38. The number of methoxy groups -OCH3 is 1. The Morgan fingerprint density at radius 3 is 2.92 bits per heavy atom. The first-order valence-electron chi connectivity index (χ1n) is 8.53. The first kappa shape index (κ1) is 15.7. The summed E-state index contributed by atoms with van der Waals surface area (Å²) in [7, 11) is 1.61. The number of aromatic nitrogens is 4. The van der Waals surface area contributed by atoms with E-state index in [4.69, 9.17) is 13.8 Å². The molecule has 2 aromatic heterocycles. The van der Waals surface area contributed by atoms with Crippen molar-refractivity contribution < 1.29 is 13.8 Å². The van der Waals surface area contributed by atoms with Crippen LogP contribution in [0.15, 0.2) is 9.05 Å². The van der Waals surface area contributed by atoms with Gasteiger partial charge in [0.1, 0.15) is 6.61 Å². The van der Waals surface area contributed by atoms with Gasteiger partial charge in [-0.1, -0.05) is 10.3 Å². The third-order valence-corrected chi connectivity index (χ3v) is 4.82. The lowest BCUT2D eigenvalue weighted by Crippen LogP contribution is -2.44. The van der Waals surface area contributed by atoms with Crippen molar-refractivity contribution >= 4 is 0 Å². The number of hydrogen-bond acceptors (Lipinski definition) is 8. The molecule has 2 fully saturated rings. The van der Waals surface area contributed by atoms with Gasteiger partial charge < -0.3 is 13.8 Å². The lowest BCUT2D eigenvalue weighted by Gasteiger charge is -2.37. The maximum absolute atomic E-state index is 5.59. The molecule has 2 aromatic rings. The zero-order valence-electron chi connectivity index (χ0n) is 14.2. The third kappa shape index (κ3) is 3.21. The topological polar surface area (TPSA) is 90.3 Å². The molecule has 4 rings (SSSR count). The standard InChI is InChI=1S/C16H23N5O3/c1-16(15-18-14(20-24-15)11-4-5-11)6-3-7-21(10-16)8-12-17-13(9-22-2)23-19-12/h11H,3-10H2,1-2H3/t16-/m0/s1. The summed E-state index contributed by atoms with van der Waals surface area (Å²) in [6, 6.07) is 0. The van der Waals surface area contributed by atoms with Crippen LogP contribution in [-0.2, 0) is 23.3 Å². The summed E-state index contributed by atoms with van der Waals surface area (Å²) in [5.74, 6) is 3.37. The SMILES string of the molecule is COCc1nc(CN2CCC[C@](C)(c3nc(C4CC4)no3)C2)no1. The van der Waals surface area contributed by atoms with Crippen LogP contribution in [0.25, 0.3) is 0 Å². The monoisotopic (exact) mass is 333 g/mol. The Balaban J connectivity index is 1.43. The molecule has 24 heavy (non-hydrogen) atoms. The molecule has 0 aromatic carbocycles. The van der Waals surface area contributed by atoms with Gasteiger partial charge in [-0.2, -0.15) is 9.97 Å². The fraction of sp³-hybridized carbons (Fsp3) is 0.750.